The summed E-state index contributed by atoms with van der Waals surface area (Å²) >= 11 is 0. The van der Waals surface area contributed by atoms with Crippen LogP contribution in [-0.4, -0.2) is 33.9 Å². The molecule has 0 aliphatic carbocycles. The van der Waals surface area contributed by atoms with Crippen LogP contribution in [-0.2, 0) is 23.1 Å². The first-order valence-corrected chi connectivity index (χ1v) is 4.43. The van der Waals surface area contributed by atoms with Gasteiger partial charge in [-0.15, -0.1) is 0 Å². The zero-order valence-corrected chi connectivity index (χ0v) is 8.36. The second kappa shape index (κ2) is 5.33. The van der Waals surface area contributed by atoms with Crippen LogP contribution in [0.2, 0.25) is 0 Å². The van der Waals surface area contributed by atoms with Gasteiger partial charge in [-0.2, -0.15) is 5.10 Å². The van der Waals surface area contributed by atoms with E-state index in [1.54, 1.807) is 18.7 Å². The summed E-state index contributed by atoms with van der Waals surface area (Å²) in [6.45, 7) is 2.89. The number of rotatable bonds is 5. The quantitative estimate of drug-likeness (QED) is 0.644. The molecule has 1 aromatic heterocycles. The maximum atomic E-state index is 10.9. The number of carbonyl (C=O) groups is 1. The van der Waals surface area contributed by atoms with Gasteiger partial charge in [-0.1, -0.05) is 0 Å². The number of nitrogens with one attached hydrogen (secondary N) is 1. The number of ether oxygens (including phenoxy) is 1. The number of hydrogen-bond donors (Lipinski definition) is 1. The van der Waals surface area contributed by atoms with Gasteiger partial charge < -0.3 is 4.74 Å². The highest BCUT2D eigenvalue weighted by Crippen LogP contribution is 1.88. The molecular weight excluding hydrogens is 184 g/mol. The molecule has 0 radical (unpaired) electrons. The molecule has 78 valence electrons. The van der Waals surface area contributed by atoms with Gasteiger partial charge in [0.05, 0.1) is 19.7 Å². The smallest absolute Gasteiger partial charge is 0.319 e. The third-order valence-corrected chi connectivity index (χ3v) is 1.66. The van der Waals surface area contributed by atoms with E-state index in [0.717, 1.165) is 5.82 Å². The Morgan fingerprint density at radius 3 is 3.07 bits per heavy atom. The number of aromatic nitrogens is 3. The van der Waals surface area contributed by atoms with Crippen molar-refractivity contribution >= 4 is 5.97 Å². The van der Waals surface area contributed by atoms with Crippen molar-refractivity contribution in [3.63, 3.8) is 0 Å². The molecule has 0 spiro atoms. The van der Waals surface area contributed by atoms with E-state index < -0.39 is 0 Å². The van der Waals surface area contributed by atoms with Gasteiger partial charge in [0, 0.05) is 7.05 Å². The zero-order chi connectivity index (χ0) is 10.4. The van der Waals surface area contributed by atoms with Gasteiger partial charge >= 0.3 is 5.97 Å². The Bertz CT molecular complexity index is 297. The Labute approximate surface area is 82.3 Å². The molecule has 6 nitrogen and oxygen atoms in total. The van der Waals surface area contributed by atoms with Crippen LogP contribution in [0.4, 0.5) is 0 Å². The van der Waals surface area contributed by atoms with E-state index >= 15 is 0 Å². The van der Waals surface area contributed by atoms with Crippen LogP contribution in [0.25, 0.3) is 0 Å². The highest BCUT2D eigenvalue weighted by atomic mass is 16.5. The minimum absolute atomic E-state index is 0.195. The molecule has 1 aromatic rings. The first-order valence-electron chi connectivity index (χ1n) is 4.43. The normalized spacial score (nSPS) is 10.1. The largest absolute Gasteiger partial charge is 0.465 e. The summed E-state index contributed by atoms with van der Waals surface area (Å²) < 4.78 is 6.40. The van der Waals surface area contributed by atoms with Gasteiger partial charge in [-0.25, -0.2) is 4.98 Å². The van der Waals surface area contributed by atoms with Crippen LogP contribution in [0.3, 0.4) is 0 Å². The average molecular weight is 198 g/mol. The fraction of sp³-hybridized carbons (Fsp3) is 0.625. The van der Waals surface area contributed by atoms with Gasteiger partial charge in [-0.05, 0) is 6.92 Å². The number of esters is 1. The van der Waals surface area contributed by atoms with Crippen molar-refractivity contribution in [1.82, 2.24) is 20.1 Å². The molecule has 0 fully saturated rings. The van der Waals surface area contributed by atoms with E-state index in [9.17, 15) is 4.79 Å². The molecule has 6 heteroatoms. The Morgan fingerprint density at radius 1 is 1.71 bits per heavy atom. The first-order chi connectivity index (χ1) is 6.74. The Morgan fingerprint density at radius 2 is 2.50 bits per heavy atom. The molecule has 0 saturated heterocycles. The monoisotopic (exact) mass is 198 g/mol. The second-order valence-electron chi connectivity index (χ2n) is 2.71. The van der Waals surface area contributed by atoms with Crippen molar-refractivity contribution in [1.29, 1.82) is 0 Å². The van der Waals surface area contributed by atoms with Gasteiger partial charge in [0.25, 0.3) is 0 Å². The molecule has 0 aliphatic heterocycles. The first kappa shape index (κ1) is 10.6. The lowest BCUT2D eigenvalue weighted by Gasteiger charge is -2.03. The number of aryl methyl sites for hydroxylation is 1. The fourth-order valence-corrected chi connectivity index (χ4v) is 0.969. The van der Waals surface area contributed by atoms with Crippen LogP contribution < -0.4 is 5.32 Å². The molecule has 0 aromatic carbocycles. The van der Waals surface area contributed by atoms with Crippen molar-refractivity contribution in [2.75, 3.05) is 13.2 Å². The molecule has 1 rings (SSSR count). The van der Waals surface area contributed by atoms with E-state index in [4.69, 9.17) is 4.74 Å². The van der Waals surface area contributed by atoms with E-state index in [-0.39, 0.29) is 12.5 Å². The standard InChI is InChI=1S/C8H14N4O2/c1-3-14-8(13)5-9-4-7-10-6-11-12(7)2/h6,9H,3-5H2,1-2H3. The predicted octanol–water partition coefficient (Wildman–Crippen LogP) is -0.532. The lowest BCUT2D eigenvalue weighted by Crippen LogP contribution is -2.25. The molecule has 1 N–H and O–H groups in total. The summed E-state index contributed by atoms with van der Waals surface area (Å²) in [5, 5.41) is 6.82. The molecule has 0 atom stereocenters. The van der Waals surface area contributed by atoms with Crippen LogP contribution in [0.1, 0.15) is 12.7 Å². The van der Waals surface area contributed by atoms with Crippen LogP contribution in [0.5, 0.6) is 0 Å². The topological polar surface area (TPSA) is 69.0 Å². The molecule has 0 bridgehead atoms. The van der Waals surface area contributed by atoms with Crippen molar-refractivity contribution in [2.24, 2.45) is 7.05 Å². The van der Waals surface area contributed by atoms with Gasteiger partial charge in [0.2, 0.25) is 0 Å². The number of nitrogens with zero attached hydrogens (tertiary/aromatic N) is 3. The summed E-state index contributed by atoms with van der Waals surface area (Å²) in [7, 11) is 1.80. The summed E-state index contributed by atoms with van der Waals surface area (Å²) in [5.74, 6) is 0.531. The molecule has 0 aliphatic rings. The van der Waals surface area contributed by atoms with Gasteiger partial charge in [-0.3, -0.25) is 14.8 Å². The Kier molecular flexibility index (Phi) is 4.06. The summed E-state index contributed by atoms with van der Waals surface area (Å²) in [6, 6.07) is 0. The zero-order valence-electron chi connectivity index (χ0n) is 8.36. The minimum Gasteiger partial charge on any atom is -0.465 e. The van der Waals surface area contributed by atoms with E-state index in [2.05, 4.69) is 15.4 Å². The minimum atomic E-state index is -0.255. The van der Waals surface area contributed by atoms with Crippen LogP contribution in [0.15, 0.2) is 6.33 Å². The highest BCUT2D eigenvalue weighted by molar-refractivity contribution is 5.71. The van der Waals surface area contributed by atoms with Crippen LogP contribution in [0, 0.1) is 0 Å². The van der Waals surface area contributed by atoms with Crippen molar-refractivity contribution < 1.29 is 9.53 Å². The maximum Gasteiger partial charge on any atom is 0.319 e. The SMILES string of the molecule is CCOC(=O)CNCc1ncnn1C. The highest BCUT2D eigenvalue weighted by Gasteiger charge is 2.03. The van der Waals surface area contributed by atoms with E-state index in [1.807, 2.05) is 0 Å². The third kappa shape index (κ3) is 3.14. The third-order valence-electron chi connectivity index (χ3n) is 1.66. The predicted molar refractivity (Wildman–Crippen MR) is 49.3 cm³/mol. The van der Waals surface area contributed by atoms with Crippen molar-refractivity contribution in [3.8, 4) is 0 Å². The molecule has 0 saturated carbocycles. The number of carbonyl (C=O) groups excluding carboxylic acids is 1. The lowest BCUT2D eigenvalue weighted by atomic mass is 10.5. The fourth-order valence-electron chi connectivity index (χ4n) is 0.969. The van der Waals surface area contributed by atoms with Gasteiger partial charge in [0.15, 0.2) is 0 Å². The van der Waals surface area contributed by atoms with Crippen LogP contribution >= 0.6 is 0 Å². The van der Waals surface area contributed by atoms with E-state index in [0.29, 0.717) is 13.2 Å². The van der Waals surface area contributed by atoms with Crippen molar-refractivity contribution in [3.05, 3.63) is 12.2 Å². The summed E-state index contributed by atoms with van der Waals surface area (Å²) in [4.78, 5) is 14.9. The average Bonchev–Trinajstić information content (AvgIpc) is 2.52. The number of hydrogen-bond acceptors (Lipinski definition) is 5. The molecule has 0 amide bonds. The Balaban J connectivity index is 2.22. The maximum absolute atomic E-state index is 10.9. The van der Waals surface area contributed by atoms with E-state index in [1.165, 1.54) is 6.33 Å². The summed E-state index contributed by atoms with van der Waals surface area (Å²) in [6.07, 6.45) is 1.47. The lowest BCUT2D eigenvalue weighted by molar-refractivity contribution is -0.142. The van der Waals surface area contributed by atoms with Crippen molar-refractivity contribution in [2.45, 2.75) is 13.5 Å². The molecule has 14 heavy (non-hydrogen) atoms. The Hall–Kier alpha value is -1.43. The van der Waals surface area contributed by atoms with Gasteiger partial charge in [0.1, 0.15) is 12.2 Å². The summed E-state index contributed by atoms with van der Waals surface area (Å²) in [5.41, 5.74) is 0. The molecule has 0 unspecified atom stereocenters. The molecule has 1 heterocycles. The second-order valence-corrected chi connectivity index (χ2v) is 2.71. The molecular formula is C8H14N4O2.